The van der Waals surface area contributed by atoms with E-state index in [2.05, 4.69) is 10.0 Å². The number of rotatable bonds is 7. The molecule has 2 aromatic rings. The second kappa shape index (κ2) is 7.33. The summed E-state index contributed by atoms with van der Waals surface area (Å²) in [6.45, 7) is 0.410. The van der Waals surface area contributed by atoms with E-state index < -0.39 is 10.0 Å². The molecule has 1 aliphatic rings. The van der Waals surface area contributed by atoms with Crippen LogP contribution in [-0.2, 0) is 16.4 Å². The van der Waals surface area contributed by atoms with Gasteiger partial charge in [-0.05, 0) is 61.2 Å². The summed E-state index contributed by atoms with van der Waals surface area (Å²) in [5.41, 5.74) is 1.32. The van der Waals surface area contributed by atoms with Crippen LogP contribution in [0.4, 0.5) is 4.39 Å². The Morgan fingerprint density at radius 2 is 1.68 bits per heavy atom. The average molecular weight is 362 g/mol. The van der Waals surface area contributed by atoms with E-state index in [1.807, 2.05) is 0 Å². The van der Waals surface area contributed by atoms with Crippen LogP contribution in [0.1, 0.15) is 28.8 Å². The predicted octanol–water partition coefficient (Wildman–Crippen LogP) is 2.24. The molecule has 7 heteroatoms. The van der Waals surface area contributed by atoms with Crippen molar-refractivity contribution < 1.29 is 17.6 Å². The number of hydrogen-bond acceptors (Lipinski definition) is 3. The maximum Gasteiger partial charge on any atom is 0.251 e. The van der Waals surface area contributed by atoms with Gasteiger partial charge in [-0.3, -0.25) is 4.79 Å². The van der Waals surface area contributed by atoms with Gasteiger partial charge in [-0.15, -0.1) is 0 Å². The third-order valence-electron chi connectivity index (χ3n) is 3.94. The number of benzene rings is 2. The molecule has 0 aromatic heterocycles. The van der Waals surface area contributed by atoms with Crippen LogP contribution in [-0.4, -0.2) is 26.9 Å². The number of halogens is 1. The van der Waals surface area contributed by atoms with Crippen LogP contribution < -0.4 is 10.0 Å². The van der Waals surface area contributed by atoms with Crippen LogP contribution in [0.15, 0.2) is 53.4 Å². The Balaban J connectivity index is 1.54. The zero-order valence-corrected chi connectivity index (χ0v) is 14.4. The average Bonchev–Trinajstić information content (AvgIpc) is 3.40. The highest BCUT2D eigenvalue weighted by atomic mass is 32.2. The van der Waals surface area contributed by atoms with E-state index in [1.54, 1.807) is 12.1 Å². The predicted molar refractivity (Wildman–Crippen MR) is 92.2 cm³/mol. The fourth-order valence-electron chi connectivity index (χ4n) is 2.35. The Bertz CT molecular complexity index is 845. The lowest BCUT2D eigenvalue weighted by Crippen LogP contribution is -2.27. The molecule has 1 aliphatic carbocycles. The van der Waals surface area contributed by atoms with Gasteiger partial charge in [0.2, 0.25) is 10.0 Å². The lowest BCUT2D eigenvalue weighted by molar-refractivity contribution is 0.0954. The monoisotopic (exact) mass is 362 g/mol. The summed E-state index contributed by atoms with van der Waals surface area (Å²) in [7, 11) is -3.51. The Morgan fingerprint density at radius 1 is 1.04 bits per heavy atom. The fraction of sp³-hybridized carbons (Fsp3) is 0.278. The SMILES string of the molecule is O=C(NCCc1ccc(F)cc1)c1ccc(S(=O)(=O)NC2CC2)cc1. The molecule has 25 heavy (non-hydrogen) atoms. The van der Waals surface area contributed by atoms with Gasteiger partial charge in [-0.2, -0.15) is 0 Å². The molecule has 0 bridgehead atoms. The quantitative estimate of drug-likeness (QED) is 0.793. The molecule has 1 saturated carbocycles. The number of carbonyl (C=O) groups is 1. The van der Waals surface area contributed by atoms with E-state index in [0.29, 0.717) is 18.5 Å². The maximum absolute atomic E-state index is 12.8. The zero-order valence-electron chi connectivity index (χ0n) is 13.5. The first-order valence-electron chi connectivity index (χ1n) is 8.09. The molecule has 2 N–H and O–H groups in total. The third-order valence-corrected chi connectivity index (χ3v) is 5.47. The maximum atomic E-state index is 12.8. The summed E-state index contributed by atoms with van der Waals surface area (Å²) in [6.07, 6.45) is 2.32. The standard InChI is InChI=1S/C18H19FN2O3S/c19-15-5-1-13(2-6-15)11-12-20-18(22)14-3-9-17(10-4-14)25(23,24)21-16-7-8-16/h1-6,9-10,16,21H,7-8,11-12H2,(H,20,22). The van der Waals surface area contributed by atoms with Crippen LogP contribution in [0.5, 0.6) is 0 Å². The van der Waals surface area contributed by atoms with Gasteiger partial charge in [0, 0.05) is 18.2 Å². The molecule has 0 radical (unpaired) electrons. The van der Waals surface area contributed by atoms with Crippen molar-refractivity contribution in [2.75, 3.05) is 6.54 Å². The van der Waals surface area contributed by atoms with Crippen molar-refractivity contribution >= 4 is 15.9 Å². The lowest BCUT2D eigenvalue weighted by Gasteiger charge is -2.08. The first-order chi connectivity index (χ1) is 11.9. The van der Waals surface area contributed by atoms with Gasteiger partial charge in [-0.25, -0.2) is 17.5 Å². The Kier molecular flexibility index (Phi) is 5.15. The number of nitrogens with one attached hydrogen (secondary N) is 2. The van der Waals surface area contributed by atoms with Gasteiger partial charge >= 0.3 is 0 Å². The number of amides is 1. The molecule has 0 atom stereocenters. The molecular formula is C18H19FN2O3S. The molecule has 3 rings (SSSR count). The number of carbonyl (C=O) groups excluding carboxylic acids is 1. The summed E-state index contributed by atoms with van der Waals surface area (Å²) in [5, 5.41) is 2.76. The number of hydrogen-bond donors (Lipinski definition) is 2. The summed E-state index contributed by atoms with van der Waals surface area (Å²) >= 11 is 0. The van der Waals surface area contributed by atoms with Crippen molar-refractivity contribution in [2.24, 2.45) is 0 Å². The van der Waals surface area contributed by atoms with Crippen molar-refractivity contribution in [1.82, 2.24) is 10.0 Å². The minimum atomic E-state index is -3.51. The van der Waals surface area contributed by atoms with Crippen molar-refractivity contribution in [2.45, 2.75) is 30.2 Å². The highest BCUT2D eigenvalue weighted by Crippen LogP contribution is 2.22. The van der Waals surface area contributed by atoms with Gasteiger partial charge in [0.05, 0.1) is 4.90 Å². The van der Waals surface area contributed by atoms with Gasteiger partial charge in [0.1, 0.15) is 5.82 Å². The van der Waals surface area contributed by atoms with Crippen LogP contribution in [0.25, 0.3) is 0 Å². The molecule has 0 saturated heterocycles. The second-order valence-electron chi connectivity index (χ2n) is 6.05. The van der Waals surface area contributed by atoms with Crippen LogP contribution in [0.3, 0.4) is 0 Å². The minimum Gasteiger partial charge on any atom is -0.352 e. The molecule has 2 aromatic carbocycles. The lowest BCUT2D eigenvalue weighted by atomic mass is 10.1. The highest BCUT2D eigenvalue weighted by Gasteiger charge is 2.27. The largest absolute Gasteiger partial charge is 0.352 e. The first-order valence-corrected chi connectivity index (χ1v) is 9.57. The van der Waals surface area contributed by atoms with Crippen molar-refractivity contribution in [3.05, 3.63) is 65.5 Å². The van der Waals surface area contributed by atoms with Crippen LogP contribution in [0, 0.1) is 5.82 Å². The summed E-state index contributed by atoms with van der Waals surface area (Å²) < 4.78 is 39.6. The third kappa shape index (κ3) is 4.87. The first kappa shape index (κ1) is 17.6. The highest BCUT2D eigenvalue weighted by molar-refractivity contribution is 7.89. The molecule has 132 valence electrons. The Morgan fingerprint density at radius 3 is 2.28 bits per heavy atom. The smallest absolute Gasteiger partial charge is 0.251 e. The van der Waals surface area contributed by atoms with E-state index >= 15 is 0 Å². The Hall–Kier alpha value is -2.25. The topological polar surface area (TPSA) is 75.3 Å². The van der Waals surface area contributed by atoms with Gasteiger partial charge in [-0.1, -0.05) is 12.1 Å². The molecule has 5 nitrogen and oxygen atoms in total. The molecule has 0 unspecified atom stereocenters. The van der Waals surface area contributed by atoms with E-state index in [4.69, 9.17) is 0 Å². The molecular weight excluding hydrogens is 343 g/mol. The van der Waals surface area contributed by atoms with Crippen molar-refractivity contribution in [1.29, 1.82) is 0 Å². The van der Waals surface area contributed by atoms with Gasteiger partial charge in [0.15, 0.2) is 0 Å². The van der Waals surface area contributed by atoms with Crippen LogP contribution in [0.2, 0.25) is 0 Å². The fourth-order valence-corrected chi connectivity index (χ4v) is 3.65. The molecule has 0 heterocycles. The van der Waals surface area contributed by atoms with Gasteiger partial charge < -0.3 is 5.32 Å². The van der Waals surface area contributed by atoms with Gasteiger partial charge in [0.25, 0.3) is 5.91 Å². The van der Waals surface area contributed by atoms with Crippen molar-refractivity contribution in [3.63, 3.8) is 0 Å². The zero-order chi connectivity index (χ0) is 17.9. The van der Waals surface area contributed by atoms with Crippen LogP contribution >= 0.6 is 0 Å². The minimum absolute atomic E-state index is 0.0411. The number of sulfonamides is 1. The molecule has 0 spiro atoms. The van der Waals surface area contributed by atoms with E-state index in [-0.39, 0.29) is 22.7 Å². The summed E-state index contributed by atoms with van der Waals surface area (Å²) in [5.74, 6) is -0.569. The second-order valence-corrected chi connectivity index (χ2v) is 7.77. The van der Waals surface area contributed by atoms with E-state index in [0.717, 1.165) is 18.4 Å². The molecule has 0 aliphatic heterocycles. The summed E-state index contributed by atoms with van der Waals surface area (Å²) in [6, 6.07) is 12.0. The van der Waals surface area contributed by atoms with Crippen molar-refractivity contribution in [3.8, 4) is 0 Å². The van der Waals surface area contributed by atoms with E-state index in [1.165, 1.54) is 36.4 Å². The Labute approximate surface area is 146 Å². The van der Waals surface area contributed by atoms with E-state index in [9.17, 15) is 17.6 Å². The normalized spacial score (nSPS) is 14.3. The molecule has 1 fully saturated rings. The summed E-state index contributed by atoms with van der Waals surface area (Å²) in [4.78, 5) is 12.3. The molecule has 1 amide bonds.